The van der Waals surface area contributed by atoms with Crippen LogP contribution in [0.15, 0.2) is 42.5 Å². The van der Waals surface area contributed by atoms with Crippen LogP contribution in [0.5, 0.6) is 5.75 Å². The minimum atomic E-state index is -1.19. The summed E-state index contributed by atoms with van der Waals surface area (Å²) in [5.41, 5.74) is 0.234. The summed E-state index contributed by atoms with van der Waals surface area (Å²) in [5.74, 6) is -0.615. The first-order valence-corrected chi connectivity index (χ1v) is 6.83. The van der Waals surface area contributed by atoms with Gasteiger partial charge in [-0.2, -0.15) is 0 Å². The fraction of sp³-hybridized carbons (Fsp3) is 0.0625. The van der Waals surface area contributed by atoms with Crippen LogP contribution in [-0.4, -0.2) is 23.1 Å². The molecule has 118 valence electrons. The Kier molecular flexibility index (Phi) is 4.98. The van der Waals surface area contributed by atoms with Crippen molar-refractivity contribution in [3.05, 3.63) is 68.7 Å². The average molecular weight is 334 g/mol. The largest absolute Gasteiger partial charge is 0.497 e. The number of carboxylic acid groups (broad SMARTS) is 1. The molecule has 0 heterocycles. The smallest absolute Gasteiger partial charge is 0.336 e. The molecule has 23 heavy (non-hydrogen) atoms. The maximum absolute atomic E-state index is 11.5. The van der Waals surface area contributed by atoms with Gasteiger partial charge in [-0.05, 0) is 35.9 Å². The predicted octanol–water partition coefficient (Wildman–Crippen LogP) is 3.88. The van der Waals surface area contributed by atoms with Crippen molar-refractivity contribution in [2.75, 3.05) is 7.11 Å². The van der Waals surface area contributed by atoms with Crippen LogP contribution in [0.25, 0.3) is 11.6 Å². The predicted molar refractivity (Wildman–Crippen MR) is 86.6 cm³/mol. The number of hydrogen-bond donors (Lipinski definition) is 1. The third-order valence-corrected chi connectivity index (χ3v) is 3.36. The van der Waals surface area contributed by atoms with Gasteiger partial charge in [-0.3, -0.25) is 10.1 Å². The fourth-order valence-electron chi connectivity index (χ4n) is 1.99. The zero-order valence-corrected chi connectivity index (χ0v) is 12.8. The van der Waals surface area contributed by atoms with E-state index >= 15 is 0 Å². The Hall–Kier alpha value is -2.86. The summed E-state index contributed by atoms with van der Waals surface area (Å²) in [6, 6.07) is 10.4. The van der Waals surface area contributed by atoms with Crippen LogP contribution < -0.4 is 4.74 Å². The van der Waals surface area contributed by atoms with Crippen molar-refractivity contribution in [2.45, 2.75) is 0 Å². The molecule has 2 aromatic rings. The van der Waals surface area contributed by atoms with Crippen LogP contribution in [-0.2, 0) is 4.79 Å². The molecule has 0 radical (unpaired) electrons. The number of benzene rings is 2. The van der Waals surface area contributed by atoms with Gasteiger partial charge in [0.25, 0.3) is 5.69 Å². The summed E-state index contributed by atoms with van der Waals surface area (Å²) < 4.78 is 5.02. The molecule has 0 saturated heterocycles. The van der Waals surface area contributed by atoms with Crippen molar-refractivity contribution < 1.29 is 19.6 Å². The van der Waals surface area contributed by atoms with Gasteiger partial charge in [-0.15, -0.1) is 0 Å². The van der Waals surface area contributed by atoms with Crippen molar-refractivity contribution in [3.63, 3.8) is 0 Å². The topological polar surface area (TPSA) is 89.7 Å². The lowest BCUT2D eigenvalue weighted by molar-refractivity contribution is -0.385. The second-order valence-corrected chi connectivity index (χ2v) is 4.99. The van der Waals surface area contributed by atoms with Gasteiger partial charge in [0.2, 0.25) is 0 Å². The van der Waals surface area contributed by atoms with Crippen LogP contribution in [0.3, 0.4) is 0 Å². The van der Waals surface area contributed by atoms with E-state index < -0.39 is 10.9 Å². The molecule has 1 N–H and O–H groups in total. The van der Waals surface area contributed by atoms with Gasteiger partial charge in [0, 0.05) is 11.1 Å². The molecule has 0 aliphatic carbocycles. The van der Waals surface area contributed by atoms with E-state index in [4.69, 9.17) is 16.3 Å². The molecule has 0 aliphatic rings. The van der Waals surface area contributed by atoms with E-state index in [-0.39, 0.29) is 21.8 Å². The molecule has 0 aliphatic heterocycles. The molecular weight excluding hydrogens is 322 g/mol. The Balaban J connectivity index is 2.55. The number of rotatable bonds is 5. The van der Waals surface area contributed by atoms with Crippen molar-refractivity contribution in [3.8, 4) is 5.75 Å². The Bertz CT molecular complexity index is 784. The maximum atomic E-state index is 11.5. The number of nitro groups is 1. The molecule has 6 nitrogen and oxygen atoms in total. The number of halogens is 1. The summed E-state index contributed by atoms with van der Waals surface area (Å²) in [6.45, 7) is 0. The number of methoxy groups -OCH3 is 1. The Labute approximate surface area is 136 Å². The second kappa shape index (κ2) is 6.93. The van der Waals surface area contributed by atoms with Crippen LogP contribution >= 0.6 is 11.6 Å². The minimum absolute atomic E-state index is 0.0712. The minimum Gasteiger partial charge on any atom is -0.497 e. The lowest BCUT2D eigenvalue weighted by atomic mass is 10.0. The summed E-state index contributed by atoms with van der Waals surface area (Å²) in [6.07, 6.45) is 1.25. The Morgan fingerprint density at radius 3 is 2.43 bits per heavy atom. The molecule has 2 aromatic carbocycles. The Morgan fingerprint density at radius 2 is 1.91 bits per heavy atom. The molecule has 7 heteroatoms. The Morgan fingerprint density at radius 1 is 1.26 bits per heavy atom. The summed E-state index contributed by atoms with van der Waals surface area (Å²) in [4.78, 5) is 22.0. The maximum Gasteiger partial charge on any atom is 0.336 e. The lowest BCUT2D eigenvalue weighted by Crippen LogP contribution is -2.00. The van der Waals surface area contributed by atoms with Crippen LogP contribution in [0.4, 0.5) is 5.69 Å². The van der Waals surface area contributed by atoms with Gasteiger partial charge in [0.05, 0.1) is 23.2 Å². The van der Waals surface area contributed by atoms with Gasteiger partial charge < -0.3 is 9.84 Å². The molecule has 0 atom stereocenters. The highest BCUT2D eigenvalue weighted by Crippen LogP contribution is 2.28. The number of nitrogens with zero attached hydrogens (tertiary/aromatic N) is 1. The zero-order chi connectivity index (χ0) is 17.0. The van der Waals surface area contributed by atoms with Gasteiger partial charge >= 0.3 is 5.97 Å². The fourth-order valence-corrected chi connectivity index (χ4v) is 2.16. The number of carboxylic acids is 1. The van der Waals surface area contributed by atoms with E-state index in [1.165, 1.54) is 31.4 Å². The van der Waals surface area contributed by atoms with Gasteiger partial charge in [-0.25, -0.2) is 4.79 Å². The third-order valence-electron chi connectivity index (χ3n) is 3.12. The number of ether oxygens (including phenoxy) is 1. The molecular formula is C16H12ClNO5. The molecule has 0 saturated carbocycles. The zero-order valence-electron chi connectivity index (χ0n) is 12.0. The first-order chi connectivity index (χ1) is 10.9. The number of carbonyl (C=O) groups is 1. The first-order valence-electron chi connectivity index (χ1n) is 6.45. The van der Waals surface area contributed by atoms with E-state index in [0.717, 1.165) is 0 Å². The number of aliphatic carboxylic acids is 1. The van der Waals surface area contributed by atoms with Gasteiger partial charge in [-0.1, -0.05) is 23.7 Å². The van der Waals surface area contributed by atoms with E-state index in [1.807, 2.05) is 0 Å². The summed E-state index contributed by atoms with van der Waals surface area (Å²) >= 11 is 5.76. The normalized spacial score (nSPS) is 11.1. The van der Waals surface area contributed by atoms with Crippen LogP contribution in [0.2, 0.25) is 5.02 Å². The van der Waals surface area contributed by atoms with Crippen molar-refractivity contribution in [1.29, 1.82) is 0 Å². The highest BCUT2D eigenvalue weighted by atomic mass is 35.5. The highest BCUT2D eigenvalue weighted by Gasteiger charge is 2.17. The van der Waals surface area contributed by atoms with E-state index in [0.29, 0.717) is 11.3 Å². The quantitative estimate of drug-likeness (QED) is 0.388. The summed E-state index contributed by atoms with van der Waals surface area (Å²) in [7, 11) is 1.50. The first kappa shape index (κ1) is 16.5. The van der Waals surface area contributed by atoms with E-state index in [2.05, 4.69) is 0 Å². The standard InChI is InChI=1S/C16H12ClNO5/c1-23-13-6-3-10(4-7-13)14(16(19)20)8-11-2-5-12(17)9-15(11)18(21)22/h2-9H,1H3,(H,19,20)/b14-8-. The molecule has 0 amide bonds. The molecule has 0 unspecified atom stereocenters. The molecule has 0 fully saturated rings. The average Bonchev–Trinajstić information content (AvgIpc) is 2.53. The molecule has 0 aromatic heterocycles. The van der Waals surface area contributed by atoms with Crippen LogP contribution in [0, 0.1) is 10.1 Å². The van der Waals surface area contributed by atoms with Gasteiger partial charge in [0.15, 0.2) is 0 Å². The van der Waals surface area contributed by atoms with Gasteiger partial charge in [0.1, 0.15) is 5.75 Å². The second-order valence-electron chi connectivity index (χ2n) is 4.55. The molecule has 0 spiro atoms. The van der Waals surface area contributed by atoms with Crippen LogP contribution in [0.1, 0.15) is 11.1 Å². The monoisotopic (exact) mass is 333 g/mol. The highest BCUT2D eigenvalue weighted by molar-refractivity contribution is 6.31. The van der Waals surface area contributed by atoms with E-state index in [9.17, 15) is 20.0 Å². The lowest BCUT2D eigenvalue weighted by Gasteiger charge is -2.06. The van der Waals surface area contributed by atoms with Crippen molar-refractivity contribution >= 4 is 34.9 Å². The number of hydrogen-bond acceptors (Lipinski definition) is 4. The van der Waals surface area contributed by atoms with Crippen molar-refractivity contribution in [2.24, 2.45) is 0 Å². The van der Waals surface area contributed by atoms with E-state index in [1.54, 1.807) is 24.3 Å². The molecule has 2 rings (SSSR count). The third kappa shape index (κ3) is 3.87. The summed E-state index contributed by atoms with van der Waals surface area (Å²) in [5, 5.41) is 20.7. The SMILES string of the molecule is COc1ccc(/C(=C/c2ccc(Cl)cc2[N+](=O)[O-])C(=O)O)cc1. The number of nitro benzene ring substituents is 1. The molecule has 0 bridgehead atoms. The van der Waals surface area contributed by atoms with Crippen molar-refractivity contribution in [1.82, 2.24) is 0 Å².